The molecule has 2 aliphatic heterocycles. The summed E-state index contributed by atoms with van der Waals surface area (Å²) in [6, 6.07) is 0.912. The summed E-state index contributed by atoms with van der Waals surface area (Å²) in [5.41, 5.74) is 11.1. The summed E-state index contributed by atoms with van der Waals surface area (Å²) in [5.74, 6) is -0.826. The van der Waals surface area contributed by atoms with Crippen molar-refractivity contribution in [1.82, 2.24) is 9.58 Å². The number of anilines is 1. The number of aromatic nitrogens is 2. The lowest BCUT2D eigenvalue weighted by molar-refractivity contribution is -0.767. The number of hydrogen-bond donors (Lipinski definition) is 4. The molecule has 0 spiro atoms. The van der Waals surface area contributed by atoms with Gasteiger partial charge in [0.2, 0.25) is 12.3 Å². The smallest absolute Gasteiger partial charge is 0.404 e. The third kappa shape index (κ3) is 3.53. The van der Waals surface area contributed by atoms with Crippen molar-refractivity contribution in [2.45, 2.75) is 24.5 Å². The number of carboxylic acid groups (broad SMARTS) is 1. The number of carboxylic acids is 1. The Labute approximate surface area is 163 Å². The number of β-lactam (4-membered cyclic amide) rings is 1. The van der Waals surface area contributed by atoms with Crippen LogP contribution in [-0.4, -0.2) is 62.8 Å². The number of nitrogens with one attached hydrogen (secondary N) is 1. The Morgan fingerprint density at radius 3 is 2.89 bits per heavy atom. The second-order valence-corrected chi connectivity index (χ2v) is 7.15. The summed E-state index contributed by atoms with van der Waals surface area (Å²) < 4.78 is 7.98. The number of nitrogens with two attached hydrogens (primary N) is 2. The van der Waals surface area contributed by atoms with E-state index in [4.69, 9.17) is 16.2 Å². The van der Waals surface area contributed by atoms with Crippen molar-refractivity contribution < 1.29 is 33.7 Å². The van der Waals surface area contributed by atoms with E-state index >= 15 is 0 Å². The van der Waals surface area contributed by atoms with Crippen molar-refractivity contribution >= 4 is 42.0 Å². The molecule has 1 saturated heterocycles. The standard InChI is InChI=1S/C15H18N6O6S/c16-10-12(23)21-11(14(24)25)8(6-28-13(10)21)5-19-2-1-9(18-7-22)20(19)3-4-27-15(17)26/h1-2,7,10,13H,3-6,16H2,(H3,17,24,25,26)/p+1/t10-,13-/m1/s1. The fourth-order valence-corrected chi connectivity index (χ4v) is 4.44. The zero-order chi connectivity index (χ0) is 20.4. The maximum absolute atomic E-state index is 12.0. The van der Waals surface area contributed by atoms with E-state index in [1.165, 1.54) is 16.7 Å². The van der Waals surface area contributed by atoms with Crippen LogP contribution in [0.1, 0.15) is 0 Å². The van der Waals surface area contributed by atoms with Gasteiger partial charge >= 0.3 is 12.1 Å². The molecule has 1 aromatic heterocycles. The lowest BCUT2D eigenvalue weighted by Crippen LogP contribution is -2.68. The first-order valence-electron chi connectivity index (χ1n) is 8.22. The Kier molecular flexibility index (Phi) is 5.56. The number of amides is 3. The Balaban J connectivity index is 1.89. The van der Waals surface area contributed by atoms with Crippen LogP contribution in [0.25, 0.3) is 0 Å². The van der Waals surface area contributed by atoms with E-state index in [1.54, 1.807) is 21.6 Å². The van der Waals surface area contributed by atoms with Gasteiger partial charge in [-0.25, -0.2) is 9.59 Å². The summed E-state index contributed by atoms with van der Waals surface area (Å²) in [6.45, 7) is 0.279. The first kappa shape index (κ1) is 19.7. The Bertz CT molecular complexity index is 867. The number of fused-ring (bicyclic) bond motifs is 1. The Hall–Kier alpha value is -3.06. The molecule has 0 unspecified atom stereocenters. The Morgan fingerprint density at radius 2 is 2.25 bits per heavy atom. The van der Waals surface area contributed by atoms with Crippen LogP contribution in [0.5, 0.6) is 0 Å². The summed E-state index contributed by atoms with van der Waals surface area (Å²) in [6.07, 6.45) is 1.21. The number of ether oxygens (including phenoxy) is 1. The number of carbonyl (C=O) groups is 4. The number of thioether (sulfide) groups is 1. The molecule has 2 atom stereocenters. The molecule has 6 N–H and O–H groups in total. The van der Waals surface area contributed by atoms with Crippen LogP contribution in [0.4, 0.5) is 10.6 Å². The fraction of sp³-hybridized carbons (Fsp3) is 0.400. The highest BCUT2D eigenvalue weighted by atomic mass is 32.2. The van der Waals surface area contributed by atoms with Gasteiger partial charge in [-0.3, -0.25) is 14.5 Å². The molecule has 0 aromatic carbocycles. The van der Waals surface area contributed by atoms with Crippen molar-refractivity contribution in [3.8, 4) is 0 Å². The number of nitrogens with zero attached hydrogens (tertiary/aromatic N) is 3. The third-order valence-corrected chi connectivity index (χ3v) is 5.75. The van der Waals surface area contributed by atoms with Crippen molar-refractivity contribution in [1.29, 1.82) is 0 Å². The minimum absolute atomic E-state index is 0.0430. The van der Waals surface area contributed by atoms with Crippen LogP contribution in [-0.2, 0) is 32.2 Å². The molecule has 28 heavy (non-hydrogen) atoms. The molecule has 0 aliphatic carbocycles. The second-order valence-electron chi connectivity index (χ2n) is 6.04. The zero-order valence-electron chi connectivity index (χ0n) is 14.6. The van der Waals surface area contributed by atoms with E-state index in [0.717, 1.165) is 0 Å². The topological polar surface area (TPSA) is 174 Å². The second kappa shape index (κ2) is 7.90. The minimum atomic E-state index is -1.21. The minimum Gasteiger partial charge on any atom is -0.477 e. The molecule has 0 saturated carbocycles. The molecule has 12 nitrogen and oxygen atoms in total. The number of primary amides is 1. The van der Waals surface area contributed by atoms with Crippen LogP contribution < -0.4 is 21.5 Å². The van der Waals surface area contributed by atoms with Crippen molar-refractivity contribution in [2.24, 2.45) is 11.5 Å². The SMILES string of the molecule is NC(=O)OCCn1c(NC=O)cc[n+]1CC1=C(C(=O)O)N2C(=O)[C@@H](N)[C@H]2SC1. The highest BCUT2D eigenvalue weighted by Gasteiger charge is 2.52. The van der Waals surface area contributed by atoms with Crippen molar-refractivity contribution in [3.05, 3.63) is 23.5 Å². The van der Waals surface area contributed by atoms with Gasteiger partial charge in [-0.2, -0.15) is 0 Å². The fourth-order valence-electron chi connectivity index (χ4n) is 3.16. The predicted octanol–water partition coefficient (Wildman–Crippen LogP) is -1.98. The zero-order valence-corrected chi connectivity index (χ0v) is 15.4. The molecular weight excluding hydrogens is 392 g/mol. The molecule has 3 amide bonds. The molecule has 3 heterocycles. The van der Waals surface area contributed by atoms with E-state index < -0.39 is 24.0 Å². The molecule has 150 valence electrons. The average Bonchev–Trinajstić information content (AvgIpc) is 3.02. The van der Waals surface area contributed by atoms with Crippen LogP contribution in [0, 0.1) is 0 Å². The van der Waals surface area contributed by atoms with Crippen LogP contribution >= 0.6 is 11.8 Å². The summed E-state index contributed by atoms with van der Waals surface area (Å²) in [5, 5.41) is 11.8. The quantitative estimate of drug-likeness (QED) is 0.216. The normalized spacial score (nSPS) is 21.0. The van der Waals surface area contributed by atoms with Crippen LogP contribution in [0.3, 0.4) is 0 Å². The van der Waals surface area contributed by atoms with Crippen molar-refractivity contribution in [3.63, 3.8) is 0 Å². The van der Waals surface area contributed by atoms with E-state index in [0.29, 0.717) is 23.6 Å². The van der Waals surface area contributed by atoms with Gasteiger partial charge in [-0.05, 0) is 0 Å². The summed E-state index contributed by atoms with van der Waals surface area (Å²) in [7, 11) is 0. The average molecular weight is 411 g/mol. The lowest BCUT2D eigenvalue weighted by atomic mass is 10.0. The number of aliphatic carboxylic acids is 1. The molecule has 1 fully saturated rings. The van der Waals surface area contributed by atoms with Crippen LogP contribution in [0.2, 0.25) is 0 Å². The predicted molar refractivity (Wildman–Crippen MR) is 95.6 cm³/mol. The van der Waals surface area contributed by atoms with E-state index in [1.807, 2.05) is 0 Å². The third-order valence-electron chi connectivity index (χ3n) is 4.39. The van der Waals surface area contributed by atoms with E-state index in [-0.39, 0.29) is 30.8 Å². The largest absolute Gasteiger partial charge is 0.477 e. The maximum Gasteiger partial charge on any atom is 0.404 e. The molecule has 0 bridgehead atoms. The van der Waals surface area contributed by atoms with Gasteiger partial charge < -0.3 is 26.6 Å². The number of rotatable bonds is 8. The number of carbonyl (C=O) groups excluding carboxylic acids is 3. The Morgan fingerprint density at radius 1 is 1.50 bits per heavy atom. The summed E-state index contributed by atoms with van der Waals surface area (Å²) in [4.78, 5) is 46.6. The summed E-state index contributed by atoms with van der Waals surface area (Å²) >= 11 is 1.40. The van der Waals surface area contributed by atoms with Gasteiger partial charge in [0, 0.05) is 11.3 Å². The first-order valence-corrected chi connectivity index (χ1v) is 9.27. The van der Waals surface area contributed by atoms with Gasteiger partial charge in [-0.15, -0.1) is 21.1 Å². The van der Waals surface area contributed by atoms with Gasteiger partial charge in [0.05, 0.1) is 6.07 Å². The highest BCUT2D eigenvalue weighted by Crippen LogP contribution is 2.39. The van der Waals surface area contributed by atoms with Gasteiger partial charge in [0.15, 0.2) is 18.6 Å². The van der Waals surface area contributed by atoms with Gasteiger partial charge in [-0.1, -0.05) is 0 Å². The lowest BCUT2D eigenvalue weighted by Gasteiger charge is -2.47. The van der Waals surface area contributed by atoms with E-state index in [9.17, 15) is 24.3 Å². The monoisotopic (exact) mass is 411 g/mol. The van der Waals surface area contributed by atoms with Gasteiger partial charge in [0.25, 0.3) is 0 Å². The van der Waals surface area contributed by atoms with Crippen molar-refractivity contribution in [2.75, 3.05) is 17.7 Å². The van der Waals surface area contributed by atoms with Crippen LogP contribution in [0.15, 0.2) is 23.5 Å². The maximum atomic E-state index is 12.0. The molecule has 3 rings (SSSR count). The van der Waals surface area contributed by atoms with E-state index in [2.05, 4.69) is 5.32 Å². The molecule has 13 heteroatoms. The molecular formula is C15H19N6O6S+. The highest BCUT2D eigenvalue weighted by molar-refractivity contribution is 8.00. The molecule has 0 radical (unpaired) electrons. The molecule has 1 aromatic rings. The molecule has 2 aliphatic rings. The van der Waals surface area contributed by atoms with Gasteiger partial charge in [0.1, 0.15) is 30.3 Å². The number of hydrogen-bond acceptors (Lipinski definition) is 7. The first-order chi connectivity index (χ1) is 13.3.